The number of halogens is 1. The standard InChI is InChI=1S/C34H38ClN13O3/c1-20-5-3-7-30(27-13-21(10-12-40-27)32-28(44-34(20)50)16-43-45(32)2)46-19-42-26(15-31(46)49)24-14-22(35)8-9-29(24)47(38)17-23(36)18-51-48(39)33-25(37)6-4-11-41-33/h4,6,8-17,19-20,30H,3,5,7,18,36-39H2,1-2H3,(H,44,50)/b23-17-. The second kappa shape index (κ2) is 15.0. The van der Waals surface area contributed by atoms with E-state index in [1.165, 1.54) is 29.8 Å². The molecule has 0 saturated heterocycles. The van der Waals surface area contributed by atoms with Gasteiger partial charge in [0.05, 0.1) is 58.4 Å². The summed E-state index contributed by atoms with van der Waals surface area (Å²) in [4.78, 5) is 45.9. The van der Waals surface area contributed by atoms with E-state index < -0.39 is 6.04 Å². The molecule has 0 radical (unpaired) electrons. The first-order chi connectivity index (χ1) is 24.5. The van der Waals surface area contributed by atoms with E-state index >= 15 is 0 Å². The topological polar surface area (TPSA) is 227 Å². The van der Waals surface area contributed by atoms with Gasteiger partial charge in [0.2, 0.25) is 5.91 Å². The van der Waals surface area contributed by atoms with Crippen LogP contribution in [0.1, 0.15) is 37.9 Å². The van der Waals surface area contributed by atoms with Crippen LogP contribution in [0.4, 0.5) is 22.9 Å². The van der Waals surface area contributed by atoms with Crippen LogP contribution in [0.2, 0.25) is 5.02 Å². The van der Waals surface area contributed by atoms with Crippen molar-refractivity contribution in [1.29, 1.82) is 0 Å². The smallest absolute Gasteiger partial charge is 0.254 e. The average Bonchev–Trinajstić information content (AvgIpc) is 3.48. The molecule has 16 nitrogen and oxygen atoms in total. The first-order valence-electron chi connectivity index (χ1n) is 16.1. The Bertz CT molecular complexity index is 2150. The molecule has 4 aromatic heterocycles. The van der Waals surface area contributed by atoms with Crippen molar-refractivity contribution in [2.45, 2.75) is 32.2 Å². The molecule has 0 aliphatic carbocycles. The van der Waals surface area contributed by atoms with Gasteiger partial charge < -0.3 is 16.8 Å². The third-order valence-electron chi connectivity index (χ3n) is 8.54. The van der Waals surface area contributed by atoms with Crippen molar-refractivity contribution in [1.82, 2.24) is 29.3 Å². The number of carbonyl (C=O) groups is 1. The number of hydrogen-bond donors (Lipinski definition) is 5. The molecule has 1 aliphatic rings. The van der Waals surface area contributed by atoms with Gasteiger partial charge in [0.25, 0.3) is 5.56 Å². The predicted octanol–water partition coefficient (Wildman–Crippen LogP) is 3.48. The molecule has 1 aliphatic heterocycles. The van der Waals surface area contributed by atoms with Crippen LogP contribution in [0.3, 0.4) is 0 Å². The number of nitrogens with zero attached hydrogens (tertiary/aromatic N) is 8. The Balaban J connectivity index is 1.29. The van der Waals surface area contributed by atoms with Crippen LogP contribution >= 0.6 is 11.6 Å². The van der Waals surface area contributed by atoms with Crippen molar-refractivity contribution in [2.24, 2.45) is 30.4 Å². The maximum atomic E-state index is 13.9. The van der Waals surface area contributed by atoms with Gasteiger partial charge in [-0.3, -0.25) is 33.7 Å². The number of nitrogen functional groups attached to an aromatic ring is 1. The monoisotopic (exact) mass is 711 g/mol. The minimum atomic E-state index is -0.457. The number of nitrogens with two attached hydrogens (primary N) is 4. The molecule has 5 aromatic rings. The fraction of sp³-hybridized carbons (Fsp3) is 0.235. The number of amides is 1. The summed E-state index contributed by atoms with van der Waals surface area (Å²) in [5, 5.41) is 10.00. The minimum absolute atomic E-state index is 0.0923. The van der Waals surface area contributed by atoms with Crippen LogP contribution in [0.15, 0.2) is 90.1 Å². The van der Waals surface area contributed by atoms with Gasteiger partial charge in [-0.15, -0.1) is 0 Å². The van der Waals surface area contributed by atoms with Crippen molar-refractivity contribution in [3.8, 4) is 22.5 Å². The summed E-state index contributed by atoms with van der Waals surface area (Å²) in [5.74, 6) is 12.2. The number of anilines is 4. The van der Waals surface area contributed by atoms with E-state index in [0.29, 0.717) is 58.3 Å². The van der Waals surface area contributed by atoms with E-state index in [-0.39, 0.29) is 35.5 Å². The molecule has 51 heavy (non-hydrogen) atoms. The molecule has 0 spiro atoms. The number of carbonyl (C=O) groups excluding carboxylic acids is 1. The third kappa shape index (κ3) is 7.68. The van der Waals surface area contributed by atoms with E-state index in [0.717, 1.165) is 16.4 Å². The predicted molar refractivity (Wildman–Crippen MR) is 195 cm³/mol. The van der Waals surface area contributed by atoms with Crippen LogP contribution in [-0.2, 0) is 16.7 Å². The third-order valence-corrected chi connectivity index (χ3v) is 8.78. The maximum absolute atomic E-state index is 13.9. The highest BCUT2D eigenvalue weighted by Crippen LogP contribution is 2.34. The first-order valence-corrected chi connectivity index (χ1v) is 16.4. The highest BCUT2D eigenvalue weighted by atomic mass is 35.5. The van der Waals surface area contributed by atoms with Gasteiger partial charge in [-0.2, -0.15) is 10.3 Å². The van der Waals surface area contributed by atoms with E-state index in [9.17, 15) is 9.59 Å². The van der Waals surface area contributed by atoms with Crippen molar-refractivity contribution >= 4 is 40.4 Å². The molecule has 2 bridgehead atoms. The average molecular weight is 712 g/mol. The maximum Gasteiger partial charge on any atom is 0.254 e. The second-order valence-electron chi connectivity index (χ2n) is 12.1. The normalized spacial score (nSPS) is 16.4. The highest BCUT2D eigenvalue weighted by Gasteiger charge is 2.24. The van der Waals surface area contributed by atoms with Crippen molar-refractivity contribution in [3.05, 3.63) is 106 Å². The zero-order chi connectivity index (χ0) is 36.2. The Morgan fingerprint density at radius 1 is 1.10 bits per heavy atom. The van der Waals surface area contributed by atoms with Gasteiger partial charge in [0.1, 0.15) is 6.61 Å². The number of benzene rings is 1. The molecule has 1 aromatic carbocycles. The number of rotatable bonds is 8. The largest absolute Gasteiger partial charge is 0.399 e. The molecule has 2 atom stereocenters. The number of hydrogen-bond acceptors (Lipinski definition) is 13. The van der Waals surface area contributed by atoms with Crippen LogP contribution in [-0.4, -0.2) is 41.8 Å². The fourth-order valence-electron chi connectivity index (χ4n) is 5.90. The zero-order valence-electron chi connectivity index (χ0n) is 28.0. The Labute approximate surface area is 298 Å². The Kier molecular flexibility index (Phi) is 10.3. The summed E-state index contributed by atoms with van der Waals surface area (Å²) in [7, 11) is 1.81. The summed E-state index contributed by atoms with van der Waals surface area (Å²) >= 11 is 6.40. The molecular formula is C34H38ClN13O3. The van der Waals surface area contributed by atoms with Gasteiger partial charge in [0.15, 0.2) is 5.82 Å². The van der Waals surface area contributed by atoms with Crippen LogP contribution in [0.5, 0.6) is 0 Å². The molecule has 2 unspecified atom stereocenters. The number of aromatic nitrogens is 6. The number of hydrazine groups is 2. The number of nitrogens with one attached hydrogen (secondary N) is 1. The Morgan fingerprint density at radius 3 is 2.71 bits per heavy atom. The van der Waals surface area contributed by atoms with Crippen molar-refractivity contribution < 1.29 is 9.63 Å². The SMILES string of the molecule is CC1CCCC(n2cnc(-c3cc(Cl)ccc3N(N)/C=C(\N)CON(N)c3ncccc3N)cc2=O)c2cc(ccn2)-c2c(cnn2C)NC1=O. The molecule has 9 N–H and O–H groups in total. The minimum Gasteiger partial charge on any atom is -0.399 e. The Morgan fingerprint density at radius 2 is 1.92 bits per heavy atom. The van der Waals surface area contributed by atoms with Gasteiger partial charge in [0, 0.05) is 53.8 Å². The van der Waals surface area contributed by atoms with E-state index in [1.54, 1.807) is 52.0 Å². The molecule has 0 fully saturated rings. The van der Waals surface area contributed by atoms with Gasteiger partial charge in [-0.05, 0) is 55.3 Å². The summed E-state index contributed by atoms with van der Waals surface area (Å²) in [6, 6.07) is 13.0. The molecular weight excluding hydrogens is 674 g/mol. The zero-order valence-corrected chi connectivity index (χ0v) is 28.7. The summed E-state index contributed by atoms with van der Waals surface area (Å²) in [6.07, 6.45) is 9.61. The fourth-order valence-corrected chi connectivity index (χ4v) is 6.07. The lowest BCUT2D eigenvalue weighted by atomic mass is 9.97. The van der Waals surface area contributed by atoms with Crippen LogP contribution in [0, 0.1) is 5.92 Å². The summed E-state index contributed by atoms with van der Waals surface area (Å²) in [5.41, 5.74) is 16.5. The lowest BCUT2D eigenvalue weighted by Gasteiger charge is -2.23. The highest BCUT2D eigenvalue weighted by molar-refractivity contribution is 6.31. The first kappa shape index (κ1) is 35.0. The Hall–Kier alpha value is -5.81. The van der Waals surface area contributed by atoms with E-state index in [4.69, 9.17) is 39.6 Å². The quantitative estimate of drug-likeness (QED) is 0.115. The number of fused-ring (bicyclic) bond motifs is 4. The molecule has 264 valence electrons. The summed E-state index contributed by atoms with van der Waals surface area (Å²) < 4.78 is 3.26. The summed E-state index contributed by atoms with van der Waals surface area (Å²) in [6.45, 7) is 1.75. The number of aryl methyl sites for hydroxylation is 1. The lowest BCUT2D eigenvalue weighted by molar-refractivity contribution is -0.119. The number of pyridine rings is 2. The van der Waals surface area contributed by atoms with E-state index in [2.05, 4.69) is 25.4 Å². The molecule has 6 rings (SSSR count). The lowest BCUT2D eigenvalue weighted by Crippen LogP contribution is -2.34. The second-order valence-corrected chi connectivity index (χ2v) is 12.6. The van der Waals surface area contributed by atoms with E-state index in [1.807, 2.05) is 26.1 Å². The van der Waals surface area contributed by atoms with Crippen molar-refractivity contribution in [3.63, 3.8) is 0 Å². The molecule has 5 heterocycles. The van der Waals surface area contributed by atoms with Gasteiger partial charge in [-0.25, -0.2) is 21.7 Å². The molecule has 0 saturated carbocycles. The van der Waals surface area contributed by atoms with Crippen molar-refractivity contribution in [2.75, 3.05) is 27.8 Å². The van der Waals surface area contributed by atoms with Gasteiger partial charge in [-0.1, -0.05) is 24.9 Å². The van der Waals surface area contributed by atoms with Gasteiger partial charge >= 0.3 is 0 Å². The molecule has 17 heteroatoms. The van der Waals surface area contributed by atoms with Crippen LogP contribution < -0.4 is 44.2 Å². The molecule has 1 amide bonds. The van der Waals surface area contributed by atoms with Crippen LogP contribution in [0.25, 0.3) is 22.5 Å².